The maximum absolute atomic E-state index is 5.80. The third kappa shape index (κ3) is 2.37. The lowest BCUT2D eigenvalue weighted by Gasteiger charge is -2.55. The van der Waals surface area contributed by atoms with E-state index in [0.29, 0.717) is 18.1 Å². The Morgan fingerprint density at radius 1 is 1.32 bits per heavy atom. The van der Waals surface area contributed by atoms with Crippen molar-refractivity contribution < 1.29 is 9.47 Å². The van der Waals surface area contributed by atoms with E-state index in [4.69, 9.17) is 9.47 Å². The van der Waals surface area contributed by atoms with E-state index in [0.717, 1.165) is 25.5 Å². The fourth-order valence-corrected chi connectivity index (χ4v) is 3.64. The first-order valence-corrected chi connectivity index (χ1v) is 7.22. The zero-order valence-electron chi connectivity index (χ0n) is 11.8. The first kappa shape index (κ1) is 12.9. The molecule has 3 nitrogen and oxygen atoms in total. The van der Waals surface area contributed by atoms with Crippen LogP contribution < -0.4 is 10.1 Å². The number of ether oxygens (including phenoxy) is 2. The lowest BCUT2D eigenvalue weighted by atomic mass is 9.57. The Kier molecular flexibility index (Phi) is 3.50. The van der Waals surface area contributed by atoms with E-state index in [9.17, 15) is 0 Å². The van der Waals surface area contributed by atoms with Crippen LogP contribution >= 0.6 is 0 Å². The van der Waals surface area contributed by atoms with Crippen LogP contribution in [0.3, 0.4) is 0 Å². The minimum absolute atomic E-state index is 0.258. The number of hydrogen-bond donors (Lipinski definition) is 1. The number of rotatable bonds is 5. The molecule has 104 valence electrons. The van der Waals surface area contributed by atoms with E-state index in [-0.39, 0.29) is 5.41 Å². The minimum Gasteiger partial charge on any atom is -0.492 e. The van der Waals surface area contributed by atoms with Crippen molar-refractivity contribution in [3.05, 3.63) is 30.3 Å². The highest BCUT2D eigenvalue weighted by molar-refractivity contribution is 5.20. The highest BCUT2D eigenvalue weighted by atomic mass is 16.5. The molecule has 2 aliphatic rings. The van der Waals surface area contributed by atoms with Gasteiger partial charge in [-0.2, -0.15) is 0 Å². The maximum Gasteiger partial charge on any atom is 0.119 e. The van der Waals surface area contributed by atoms with Crippen molar-refractivity contribution in [2.24, 2.45) is 11.3 Å². The zero-order chi connectivity index (χ0) is 13.3. The highest BCUT2D eigenvalue weighted by Crippen LogP contribution is 2.51. The van der Waals surface area contributed by atoms with Crippen molar-refractivity contribution in [3.8, 4) is 5.75 Å². The van der Waals surface area contributed by atoms with Gasteiger partial charge in [0.1, 0.15) is 12.4 Å². The molecule has 1 aliphatic heterocycles. The average Bonchev–Trinajstić information content (AvgIpc) is 2.86. The smallest absolute Gasteiger partial charge is 0.119 e. The van der Waals surface area contributed by atoms with Crippen molar-refractivity contribution >= 4 is 0 Å². The Labute approximate surface area is 115 Å². The fourth-order valence-electron chi connectivity index (χ4n) is 3.64. The Balaban J connectivity index is 1.43. The van der Waals surface area contributed by atoms with Gasteiger partial charge in [-0.05, 0) is 18.6 Å². The van der Waals surface area contributed by atoms with Gasteiger partial charge in [0.15, 0.2) is 0 Å². The van der Waals surface area contributed by atoms with Gasteiger partial charge in [-0.3, -0.25) is 0 Å². The molecule has 0 radical (unpaired) electrons. The van der Waals surface area contributed by atoms with Gasteiger partial charge in [0.05, 0.1) is 6.10 Å². The summed E-state index contributed by atoms with van der Waals surface area (Å²) in [6, 6.07) is 10.6. The van der Waals surface area contributed by atoms with Crippen LogP contribution in [0, 0.1) is 11.3 Å². The predicted molar refractivity (Wildman–Crippen MR) is 75.4 cm³/mol. The van der Waals surface area contributed by atoms with Gasteiger partial charge in [-0.1, -0.05) is 32.0 Å². The van der Waals surface area contributed by atoms with Gasteiger partial charge in [0.2, 0.25) is 0 Å². The number of nitrogens with one attached hydrogen (secondary N) is 1. The molecule has 3 atom stereocenters. The molecule has 0 aromatic heterocycles. The molecule has 3 unspecified atom stereocenters. The maximum atomic E-state index is 5.80. The van der Waals surface area contributed by atoms with E-state index in [2.05, 4.69) is 19.2 Å². The van der Waals surface area contributed by atoms with Gasteiger partial charge < -0.3 is 14.8 Å². The normalized spacial score (nSPS) is 31.6. The van der Waals surface area contributed by atoms with Crippen LogP contribution in [0.2, 0.25) is 0 Å². The molecule has 3 heteroatoms. The summed E-state index contributed by atoms with van der Waals surface area (Å²) in [5.74, 6) is 1.64. The van der Waals surface area contributed by atoms with Crippen LogP contribution in [0.5, 0.6) is 5.75 Å². The summed E-state index contributed by atoms with van der Waals surface area (Å²) in [5, 5.41) is 3.65. The summed E-state index contributed by atoms with van der Waals surface area (Å²) in [5.41, 5.74) is 0.258. The van der Waals surface area contributed by atoms with E-state index >= 15 is 0 Å². The van der Waals surface area contributed by atoms with Crippen molar-refractivity contribution in [1.29, 1.82) is 0 Å². The Morgan fingerprint density at radius 3 is 2.89 bits per heavy atom. The molecule has 1 aliphatic carbocycles. The molecule has 2 fully saturated rings. The quantitative estimate of drug-likeness (QED) is 0.826. The van der Waals surface area contributed by atoms with Crippen LogP contribution in [-0.4, -0.2) is 31.9 Å². The van der Waals surface area contributed by atoms with E-state index in [1.54, 1.807) is 0 Å². The SMILES string of the molecule is CC1(C)C(NCCOc2ccccc2)C2CCOC21. The third-order valence-corrected chi connectivity index (χ3v) is 4.58. The Bertz CT molecular complexity index is 418. The van der Waals surface area contributed by atoms with Gasteiger partial charge in [-0.25, -0.2) is 0 Å². The van der Waals surface area contributed by atoms with Crippen molar-refractivity contribution in [3.63, 3.8) is 0 Å². The first-order valence-electron chi connectivity index (χ1n) is 7.22. The topological polar surface area (TPSA) is 30.5 Å². The van der Waals surface area contributed by atoms with Crippen LogP contribution in [0.4, 0.5) is 0 Å². The molecule has 1 heterocycles. The highest BCUT2D eigenvalue weighted by Gasteiger charge is 2.58. The number of benzene rings is 1. The number of para-hydroxylation sites is 1. The second-order valence-electron chi connectivity index (χ2n) is 6.16. The molecule has 1 saturated heterocycles. The second kappa shape index (κ2) is 5.14. The first-order chi connectivity index (χ1) is 9.19. The lowest BCUT2D eigenvalue weighted by molar-refractivity contribution is -0.112. The minimum atomic E-state index is 0.258. The Morgan fingerprint density at radius 2 is 2.11 bits per heavy atom. The van der Waals surface area contributed by atoms with Gasteiger partial charge in [-0.15, -0.1) is 0 Å². The standard InChI is InChI=1S/C16H23NO2/c1-16(2)14(13-8-10-19-15(13)16)17-9-11-18-12-6-4-3-5-7-12/h3-7,13-15,17H,8-11H2,1-2H3. The van der Waals surface area contributed by atoms with Crippen LogP contribution in [0.1, 0.15) is 20.3 Å². The van der Waals surface area contributed by atoms with Crippen LogP contribution in [-0.2, 0) is 4.74 Å². The molecular formula is C16H23NO2. The average molecular weight is 261 g/mol. The molecule has 1 aromatic carbocycles. The van der Waals surface area contributed by atoms with Crippen molar-refractivity contribution in [2.75, 3.05) is 19.8 Å². The third-order valence-electron chi connectivity index (χ3n) is 4.58. The van der Waals surface area contributed by atoms with Crippen molar-refractivity contribution in [1.82, 2.24) is 5.32 Å². The fraction of sp³-hybridized carbons (Fsp3) is 0.625. The zero-order valence-corrected chi connectivity index (χ0v) is 11.8. The number of hydrogen-bond acceptors (Lipinski definition) is 3. The second-order valence-corrected chi connectivity index (χ2v) is 6.16. The predicted octanol–water partition coefficient (Wildman–Crippen LogP) is 2.47. The molecule has 1 saturated carbocycles. The molecule has 0 amide bonds. The molecule has 0 bridgehead atoms. The van der Waals surface area contributed by atoms with Gasteiger partial charge >= 0.3 is 0 Å². The monoisotopic (exact) mass is 261 g/mol. The summed E-state index contributed by atoms with van der Waals surface area (Å²) in [6.45, 7) is 7.14. The van der Waals surface area contributed by atoms with E-state index in [1.807, 2.05) is 30.3 Å². The van der Waals surface area contributed by atoms with E-state index < -0.39 is 0 Å². The molecule has 19 heavy (non-hydrogen) atoms. The Hall–Kier alpha value is -1.06. The summed E-state index contributed by atoms with van der Waals surface area (Å²) < 4.78 is 11.5. The molecule has 1 N–H and O–H groups in total. The summed E-state index contributed by atoms with van der Waals surface area (Å²) in [6.07, 6.45) is 1.66. The largest absolute Gasteiger partial charge is 0.492 e. The molecule has 0 spiro atoms. The molecule has 3 rings (SSSR count). The van der Waals surface area contributed by atoms with E-state index in [1.165, 1.54) is 6.42 Å². The molecule has 1 aromatic rings. The van der Waals surface area contributed by atoms with Crippen LogP contribution in [0.15, 0.2) is 30.3 Å². The van der Waals surface area contributed by atoms with Gasteiger partial charge in [0.25, 0.3) is 0 Å². The number of fused-ring (bicyclic) bond motifs is 1. The summed E-state index contributed by atoms with van der Waals surface area (Å²) in [4.78, 5) is 0. The summed E-state index contributed by atoms with van der Waals surface area (Å²) in [7, 11) is 0. The molecular weight excluding hydrogens is 238 g/mol. The van der Waals surface area contributed by atoms with Gasteiger partial charge in [0, 0.05) is 30.5 Å². The van der Waals surface area contributed by atoms with Crippen LogP contribution in [0.25, 0.3) is 0 Å². The summed E-state index contributed by atoms with van der Waals surface area (Å²) >= 11 is 0. The lowest BCUT2D eigenvalue weighted by Crippen LogP contribution is -2.66. The van der Waals surface area contributed by atoms with Crippen molar-refractivity contribution in [2.45, 2.75) is 32.4 Å².